The number of aliphatic hydroxyl groups is 1. The topological polar surface area (TPSA) is 46.0 Å². The van der Waals surface area contributed by atoms with E-state index in [0.717, 1.165) is 17.9 Å². The molecule has 0 saturated carbocycles. The van der Waals surface area contributed by atoms with Crippen molar-refractivity contribution in [1.82, 2.24) is 9.97 Å². The molecule has 0 radical (unpaired) electrons. The van der Waals surface area contributed by atoms with Gasteiger partial charge in [-0.2, -0.15) is 0 Å². The lowest BCUT2D eigenvalue weighted by molar-refractivity contribution is 0.257. The van der Waals surface area contributed by atoms with Crippen LogP contribution in [0.1, 0.15) is 30.8 Å². The molecule has 0 aliphatic heterocycles. The van der Waals surface area contributed by atoms with Crippen LogP contribution in [0, 0.1) is 6.92 Å². The monoisotopic (exact) mass is 166 g/mol. The summed E-state index contributed by atoms with van der Waals surface area (Å²) >= 11 is 0. The molecule has 1 rings (SSSR count). The van der Waals surface area contributed by atoms with Crippen molar-refractivity contribution in [2.24, 2.45) is 0 Å². The fourth-order valence-electron chi connectivity index (χ4n) is 1.06. The van der Waals surface area contributed by atoms with Crippen LogP contribution in [0.3, 0.4) is 0 Å². The second kappa shape index (κ2) is 4.16. The van der Waals surface area contributed by atoms with Crippen LogP contribution in [0.5, 0.6) is 0 Å². The quantitative estimate of drug-likeness (QED) is 0.735. The van der Waals surface area contributed by atoms with Gasteiger partial charge in [0.2, 0.25) is 0 Å². The summed E-state index contributed by atoms with van der Waals surface area (Å²) in [5.41, 5.74) is 0.951. The van der Waals surface area contributed by atoms with Crippen molar-refractivity contribution >= 4 is 0 Å². The van der Waals surface area contributed by atoms with Crippen LogP contribution in [0.2, 0.25) is 0 Å². The second-order valence-corrected chi connectivity index (χ2v) is 2.84. The molecule has 0 bridgehead atoms. The Morgan fingerprint density at radius 2 is 2.33 bits per heavy atom. The Labute approximate surface area is 72.5 Å². The molecular weight excluding hydrogens is 152 g/mol. The summed E-state index contributed by atoms with van der Waals surface area (Å²) in [5, 5.41) is 8.99. The first-order valence-electron chi connectivity index (χ1n) is 4.18. The number of aromatic nitrogens is 2. The van der Waals surface area contributed by atoms with Crippen LogP contribution >= 0.6 is 0 Å². The van der Waals surface area contributed by atoms with Gasteiger partial charge in [0, 0.05) is 17.8 Å². The van der Waals surface area contributed by atoms with Crippen LogP contribution in [-0.2, 0) is 0 Å². The number of hydrogen-bond donors (Lipinski definition) is 1. The van der Waals surface area contributed by atoms with Crippen LogP contribution in [0.25, 0.3) is 0 Å². The van der Waals surface area contributed by atoms with Crippen molar-refractivity contribution < 1.29 is 5.11 Å². The van der Waals surface area contributed by atoms with Gasteiger partial charge >= 0.3 is 0 Å². The summed E-state index contributed by atoms with van der Waals surface area (Å²) in [4.78, 5) is 8.35. The van der Waals surface area contributed by atoms with Crippen molar-refractivity contribution in [3.63, 3.8) is 0 Å². The summed E-state index contributed by atoms with van der Waals surface area (Å²) in [7, 11) is 0. The minimum absolute atomic E-state index is 0.0879. The molecule has 0 saturated heterocycles. The van der Waals surface area contributed by atoms with Crippen molar-refractivity contribution in [3.8, 4) is 0 Å². The molecule has 1 aromatic rings. The maximum absolute atomic E-state index is 8.99. The molecule has 0 aromatic carbocycles. The Bertz CT molecular complexity index is 246. The van der Waals surface area contributed by atoms with Gasteiger partial charge in [0.1, 0.15) is 5.82 Å². The highest BCUT2D eigenvalue weighted by atomic mass is 16.3. The van der Waals surface area contributed by atoms with Gasteiger partial charge in [0.15, 0.2) is 0 Å². The van der Waals surface area contributed by atoms with Gasteiger partial charge in [-0.15, -0.1) is 0 Å². The zero-order chi connectivity index (χ0) is 8.97. The van der Waals surface area contributed by atoms with Gasteiger partial charge in [-0.05, 0) is 19.4 Å². The van der Waals surface area contributed by atoms with Crippen molar-refractivity contribution in [1.29, 1.82) is 0 Å². The van der Waals surface area contributed by atoms with Crippen LogP contribution in [-0.4, -0.2) is 21.7 Å². The largest absolute Gasteiger partial charge is 0.396 e. The molecule has 1 heterocycles. The number of hydrogen-bond acceptors (Lipinski definition) is 3. The Morgan fingerprint density at radius 1 is 1.58 bits per heavy atom. The SMILES string of the molecule is CCC(CO)c1nccc(C)n1. The first-order valence-corrected chi connectivity index (χ1v) is 4.18. The van der Waals surface area contributed by atoms with E-state index in [1.165, 1.54) is 0 Å². The highest BCUT2D eigenvalue weighted by Gasteiger charge is 2.10. The Morgan fingerprint density at radius 3 is 2.83 bits per heavy atom. The maximum Gasteiger partial charge on any atom is 0.133 e. The molecule has 3 heteroatoms. The maximum atomic E-state index is 8.99. The molecule has 3 nitrogen and oxygen atoms in total. The van der Waals surface area contributed by atoms with Gasteiger partial charge in [-0.1, -0.05) is 6.92 Å². The third kappa shape index (κ3) is 2.01. The predicted octanol–water partition coefficient (Wildman–Crippen LogP) is 1.27. The molecule has 1 N–H and O–H groups in total. The number of rotatable bonds is 3. The van der Waals surface area contributed by atoms with E-state index in [1.807, 2.05) is 19.9 Å². The summed E-state index contributed by atoms with van der Waals surface area (Å²) in [6.07, 6.45) is 2.61. The first-order chi connectivity index (χ1) is 5.77. The Balaban J connectivity index is 2.85. The molecule has 66 valence electrons. The molecular formula is C9H14N2O. The molecule has 0 amide bonds. The summed E-state index contributed by atoms with van der Waals surface area (Å²) < 4.78 is 0. The minimum atomic E-state index is 0.0879. The average Bonchev–Trinajstić information content (AvgIpc) is 2.07. The van der Waals surface area contributed by atoms with E-state index in [4.69, 9.17) is 5.11 Å². The zero-order valence-electron chi connectivity index (χ0n) is 7.49. The molecule has 0 fully saturated rings. The molecule has 1 atom stereocenters. The summed E-state index contributed by atoms with van der Waals surface area (Å²) in [5.74, 6) is 0.838. The van der Waals surface area contributed by atoms with E-state index >= 15 is 0 Å². The van der Waals surface area contributed by atoms with E-state index in [9.17, 15) is 0 Å². The fourth-order valence-corrected chi connectivity index (χ4v) is 1.06. The molecule has 0 spiro atoms. The highest BCUT2D eigenvalue weighted by molar-refractivity contribution is 5.03. The smallest absolute Gasteiger partial charge is 0.133 e. The van der Waals surface area contributed by atoms with Gasteiger partial charge in [-0.3, -0.25) is 0 Å². The van der Waals surface area contributed by atoms with E-state index < -0.39 is 0 Å². The highest BCUT2D eigenvalue weighted by Crippen LogP contribution is 2.13. The molecule has 1 unspecified atom stereocenters. The normalized spacial score (nSPS) is 12.9. The number of nitrogens with zero attached hydrogens (tertiary/aromatic N) is 2. The lowest BCUT2D eigenvalue weighted by Gasteiger charge is -2.09. The molecule has 1 aromatic heterocycles. The zero-order valence-corrected chi connectivity index (χ0v) is 7.49. The number of aryl methyl sites for hydroxylation is 1. The fraction of sp³-hybridized carbons (Fsp3) is 0.556. The molecule has 0 aliphatic carbocycles. The van der Waals surface area contributed by atoms with Gasteiger partial charge in [0.05, 0.1) is 6.61 Å². The standard InChI is InChI=1S/C9H14N2O/c1-3-8(6-12)9-10-5-4-7(2)11-9/h4-5,8,12H,3,6H2,1-2H3. The van der Waals surface area contributed by atoms with Gasteiger partial charge in [0.25, 0.3) is 0 Å². The van der Waals surface area contributed by atoms with Crippen LogP contribution in [0.4, 0.5) is 0 Å². The van der Waals surface area contributed by atoms with Gasteiger partial charge < -0.3 is 5.11 Å². The van der Waals surface area contributed by atoms with Crippen molar-refractivity contribution in [2.75, 3.05) is 6.61 Å². The molecule has 0 aliphatic rings. The van der Waals surface area contributed by atoms with Crippen molar-refractivity contribution in [2.45, 2.75) is 26.2 Å². The minimum Gasteiger partial charge on any atom is -0.396 e. The third-order valence-corrected chi connectivity index (χ3v) is 1.89. The third-order valence-electron chi connectivity index (χ3n) is 1.89. The molecule has 12 heavy (non-hydrogen) atoms. The van der Waals surface area contributed by atoms with E-state index in [2.05, 4.69) is 9.97 Å². The Hall–Kier alpha value is -0.960. The number of aliphatic hydroxyl groups excluding tert-OH is 1. The van der Waals surface area contributed by atoms with E-state index in [-0.39, 0.29) is 12.5 Å². The Kier molecular flexibility index (Phi) is 3.17. The summed E-state index contributed by atoms with van der Waals surface area (Å²) in [6.45, 7) is 4.07. The van der Waals surface area contributed by atoms with Gasteiger partial charge in [-0.25, -0.2) is 9.97 Å². The van der Waals surface area contributed by atoms with E-state index in [1.54, 1.807) is 6.20 Å². The van der Waals surface area contributed by atoms with Crippen molar-refractivity contribution in [3.05, 3.63) is 23.8 Å². The van der Waals surface area contributed by atoms with Crippen LogP contribution < -0.4 is 0 Å². The van der Waals surface area contributed by atoms with Crippen LogP contribution in [0.15, 0.2) is 12.3 Å². The lowest BCUT2D eigenvalue weighted by Crippen LogP contribution is -2.07. The summed E-state index contributed by atoms with van der Waals surface area (Å²) in [6, 6.07) is 1.85. The lowest BCUT2D eigenvalue weighted by atomic mass is 10.1. The van der Waals surface area contributed by atoms with E-state index in [0.29, 0.717) is 0 Å². The average molecular weight is 166 g/mol. The first kappa shape index (κ1) is 9.13. The second-order valence-electron chi connectivity index (χ2n) is 2.84. The predicted molar refractivity (Wildman–Crippen MR) is 46.9 cm³/mol.